The van der Waals surface area contributed by atoms with Gasteiger partial charge < -0.3 is 0 Å². The molecule has 0 N–H and O–H groups in total. The highest BCUT2D eigenvalue weighted by Gasteiger charge is 2.02. The van der Waals surface area contributed by atoms with Crippen LogP contribution in [0.15, 0.2) is 30.9 Å². The molecule has 0 saturated carbocycles. The van der Waals surface area contributed by atoms with Gasteiger partial charge in [0, 0.05) is 15.6 Å². The Hall–Kier alpha value is -1.19. The highest BCUT2D eigenvalue weighted by Crippen LogP contribution is 2.24. The van der Waals surface area contributed by atoms with Gasteiger partial charge in [-0.15, -0.1) is 0 Å². The van der Waals surface area contributed by atoms with Gasteiger partial charge in [-0.05, 0) is 18.2 Å². The van der Waals surface area contributed by atoms with Gasteiger partial charge in [0.1, 0.15) is 12.7 Å². The molecule has 2 aromatic rings. The molecule has 2 rings (SSSR count). The van der Waals surface area contributed by atoms with Crippen molar-refractivity contribution in [3.63, 3.8) is 0 Å². The summed E-state index contributed by atoms with van der Waals surface area (Å²) in [7, 11) is 0. The molecule has 0 bridgehead atoms. The highest BCUT2D eigenvalue weighted by molar-refractivity contribution is 6.35. The van der Waals surface area contributed by atoms with Crippen LogP contribution >= 0.6 is 23.2 Å². The van der Waals surface area contributed by atoms with Crippen LogP contribution in [0.5, 0.6) is 0 Å². The Morgan fingerprint density at radius 1 is 0.857 bits per heavy atom. The van der Waals surface area contributed by atoms with E-state index in [1.54, 1.807) is 18.2 Å². The standard InChI is InChI=1S/C9H5Cl2N3/c10-7-1-6(2-8(11)3-7)9-13-4-12-5-14-9/h1-5H. The van der Waals surface area contributed by atoms with E-state index in [1.807, 2.05) is 0 Å². The first-order chi connectivity index (χ1) is 6.75. The summed E-state index contributed by atoms with van der Waals surface area (Å²) >= 11 is 11.7. The lowest BCUT2D eigenvalue weighted by Crippen LogP contribution is -1.88. The van der Waals surface area contributed by atoms with E-state index in [0.717, 1.165) is 5.56 Å². The van der Waals surface area contributed by atoms with Gasteiger partial charge >= 0.3 is 0 Å². The lowest BCUT2D eigenvalue weighted by molar-refractivity contribution is 1.06. The molecule has 0 aliphatic rings. The molecule has 0 atom stereocenters. The summed E-state index contributed by atoms with van der Waals surface area (Å²) in [5.41, 5.74) is 0.782. The Bertz CT molecular complexity index is 425. The van der Waals surface area contributed by atoms with Crippen LogP contribution in [0.2, 0.25) is 10.0 Å². The lowest BCUT2D eigenvalue weighted by Gasteiger charge is -2.00. The Labute approximate surface area is 90.8 Å². The van der Waals surface area contributed by atoms with Crippen molar-refractivity contribution in [3.05, 3.63) is 40.9 Å². The molecule has 0 spiro atoms. The maximum atomic E-state index is 5.84. The molecule has 14 heavy (non-hydrogen) atoms. The minimum atomic E-state index is 0.560. The highest BCUT2D eigenvalue weighted by atomic mass is 35.5. The SMILES string of the molecule is Clc1cc(Cl)cc(-c2ncncn2)c1. The fourth-order valence-electron chi connectivity index (χ4n) is 1.07. The molecular formula is C9H5Cl2N3. The molecule has 1 aromatic heterocycles. The van der Waals surface area contributed by atoms with E-state index in [4.69, 9.17) is 23.2 Å². The van der Waals surface area contributed by atoms with Gasteiger partial charge in [-0.3, -0.25) is 0 Å². The normalized spacial score (nSPS) is 10.1. The fourth-order valence-corrected chi connectivity index (χ4v) is 1.60. The second-order valence-corrected chi connectivity index (χ2v) is 3.49. The Kier molecular flexibility index (Phi) is 2.61. The number of halogens is 2. The molecular weight excluding hydrogens is 221 g/mol. The van der Waals surface area contributed by atoms with Crippen LogP contribution in [0.25, 0.3) is 11.4 Å². The third-order valence-electron chi connectivity index (χ3n) is 1.61. The monoisotopic (exact) mass is 225 g/mol. The molecule has 0 radical (unpaired) electrons. The van der Waals surface area contributed by atoms with Crippen LogP contribution in [-0.4, -0.2) is 15.0 Å². The minimum Gasteiger partial charge on any atom is -0.225 e. The van der Waals surface area contributed by atoms with Crippen molar-refractivity contribution in [2.75, 3.05) is 0 Å². The van der Waals surface area contributed by atoms with E-state index < -0.39 is 0 Å². The number of hydrogen-bond acceptors (Lipinski definition) is 3. The molecule has 1 heterocycles. The summed E-state index contributed by atoms with van der Waals surface area (Å²) < 4.78 is 0. The topological polar surface area (TPSA) is 38.7 Å². The summed E-state index contributed by atoms with van der Waals surface area (Å²) in [6, 6.07) is 5.17. The fraction of sp³-hybridized carbons (Fsp3) is 0. The van der Waals surface area contributed by atoms with Crippen molar-refractivity contribution in [1.29, 1.82) is 0 Å². The second kappa shape index (κ2) is 3.90. The Morgan fingerprint density at radius 2 is 1.43 bits per heavy atom. The van der Waals surface area contributed by atoms with Gasteiger partial charge in [0.15, 0.2) is 5.82 Å². The van der Waals surface area contributed by atoms with E-state index in [9.17, 15) is 0 Å². The first-order valence-electron chi connectivity index (χ1n) is 3.84. The maximum absolute atomic E-state index is 5.84. The summed E-state index contributed by atoms with van der Waals surface area (Å²) in [6.07, 6.45) is 2.86. The number of aromatic nitrogens is 3. The van der Waals surface area contributed by atoms with Crippen LogP contribution in [-0.2, 0) is 0 Å². The quantitative estimate of drug-likeness (QED) is 0.750. The van der Waals surface area contributed by atoms with Gasteiger partial charge in [-0.25, -0.2) is 15.0 Å². The van der Waals surface area contributed by atoms with Crippen LogP contribution in [0.1, 0.15) is 0 Å². The van der Waals surface area contributed by atoms with Gasteiger partial charge in [-0.2, -0.15) is 0 Å². The average Bonchev–Trinajstić information content (AvgIpc) is 2.18. The second-order valence-electron chi connectivity index (χ2n) is 2.62. The van der Waals surface area contributed by atoms with Crippen molar-refractivity contribution >= 4 is 23.2 Å². The first-order valence-corrected chi connectivity index (χ1v) is 4.60. The van der Waals surface area contributed by atoms with Crippen molar-refractivity contribution in [2.45, 2.75) is 0 Å². The first kappa shape index (κ1) is 9.37. The van der Waals surface area contributed by atoms with Crippen molar-refractivity contribution in [1.82, 2.24) is 15.0 Å². The molecule has 0 aliphatic heterocycles. The summed E-state index contributed by atoms with van der Waals surface area (Å²) in [5.74, 6) is 0.560. The molecule has 70 valence electrons. The Morgan fingerprint density at radius 3 is 2.00 bits per heavy atom. The molecule has 0 saturated heterocycles. The predicted molar refractivity (Wildman–Crippen MR) is 55.3 cm³/mol. The molecule has 1 aromatic carbocycles. The molecule has 0 unspecified atom stereocenters. The molecule has 0 aliphatic carbocycles. The molecule has 0 amide bonds. The number of benzene rings is 1. The zero-order chi connectivity index (χ0) is 9.97. The zero-order valence-electron chi connectivity index (χ0n) is 6.98. The van der Waals surface area contributed by atoms with E-state index in [-0.39, 0.29) is 0 Å². The summed E-state index contributed by atoms with van der Waals surface area (Å²) in [6.45, 7) is 0. The van der Waals surface area contributed by atoms with Gasteiger partial charge in [0.05, 0.1) is 0 Å². The van der Waals surface area contributed by atoms with Crippen LogP contribution in [0.3, 0.4) is 0 Å². The van der Waals surface area contributed by atoms with Crippen molar-refractivity contribution < 1.29 is 0 Å². The summed E-state index contributed by atoms with van der Waals surface area (Å²) in [4.78, 5) is 11.7. The minimum absolute atomic E-state index is 0.560. The van der Waals surface area contributed by atoms with Crippen LogP contribution < -0.4 is 0 Å². The van der Waals surface area contributed by atoms with E-state index >= 15 is 0 Å². The van der Waals surface area contributed by atoms with Crippen molar-refractivity contribution in [2.24, 2.45) is 0 Å². The Balaban J connectivity index is 2.52. The van der Waals surface area contributed by atoms with Gasteiger partial charge in [-0.1, -0.05) is 23.2 Å². The molecule has 5 heteroatoms. The predicted octanol–water partition coefficient (Wildman–Crippen LogP) is 2.85. The number of hydrogen-bond donors (Lipinski definition) is 0. The van der Waals surface area contributed by atoms with E-state index in [0.29, 0.717) is 15.9 Å². The zero-order valence-corrected chi connectivity index (χ0v) is 8.50. The van der Waals surface area contributed by atoms with Gasteiger partial charge in [0.2, 0.25) is 0 Å². The van der Waals surface area contributed by atoms with E-state index in [2.05, 4.69) is 15.0 Å². The van der Waals surface area contributed by atoms with Crippen LogP contribution in [0.4, 0.5) is 0 Å². The van der Waals surface area contributed by atoms with Crippen LogP contribution in [0, 0.1) is 0 Å². The average molecular weight is 226 g/mol. The number of rotatable bonds is 1. The third kappa shape index (κ3) is 2.00. The smallest absolute Gasteiger partial charge is 0.162 e. The van der Waals surface area contributed by atoms with E-state index in [1.165, 1.54) is 12.7 Å². The lowest BCUT2D eigenvalue weighted by atomic mass is 10.2. The maximum Gasteiger partial charge on any atom is 0.162 e. The largest absolute Gasteiger partial charge is 0.225 e. The summed E-state index contributed by atoms with van der Waals surface area (Å²) in [5, 5.41) is 1.13. The molecule has 0 fully saturated rings. The molecule has 3 nitrogen and oxygen atoms in total. The van der Waals surface area contributed by atoms with Crippen molar-refractivity contribution in [3.8, 4) is 11.4 Å². The number of nitrogens with zero attached hydrogens (tertiary/aromatic N) is 3. The van der Waals surface area contributed by atoms with Gasteiger partial charge in [0.25, 0.3) is 0 Å². The third-order valence-corrected chi connectivity index (χ3v) is 2.05.